The quantitative estimate of drug-likeness (QED) is 0.266. The lowest BCUT2D eigenvalue weighted by Gasteiger charge is -2.54. The Bertz CT molecular complexity index is 1530. The molecule has 0 aliphatic carbocycles. The molecule has 282 valence electrons. The van der Waals surface area contributed by atoms with E-state index in [1.54, 1.807) is 0 Å². The number of carbonyl (C=O) groups excluding carboxylic acids is 1. The summed E-state index contributed by atoms with van der Waals surface area (Å²) in [5.74, 6) is -1.18. The molecular formula is C33H45F4N7O6S. The molecule has 4 saturated heterocycles. The normalized spacial score (nSPS) is 23.7. The van der Waals surface area contributed by atoms with Gasteiger partial charge in [-0.1, -0.05) is 0 Å². The highest BCUT2D eigenvalue weighted by molar-refractivity contribution is 7.76. The van der Waals surface area contributed by atoms with Gasteiger partial charge >= 0.3 is 6.18 Å². The number of piperidine rings is 1. The second-order valence-electron chi connectivity index (χ2n) is 14.0. The van der Waals surface area contributed by atoms with Crippen molar-refractivity contribution in [2.24, 2.45) is 5.41 Å². The van der Waals surface area contributed by atoms with Gasteiger partial charge in [0, 0.05) is 44.2 Å². The summed E-state index contributed by atoms with van der Waals surface area (Å²) in [6.45, 7) is 8.06. The minimum absolute atomic E-state index is 0.0527. The van der Waals surface area contributed by atoms with E-state index in [-0.39, 0.29) is 34.6 Å². The molecule has 1 amide bonds. The highest BCUT2D eigenvalue weighted by atomic mass is 32.2. The number of alkyl halides is 3. The number of aromatic nitrogens is 2. The maximum Gasteiger partial charge on any atom is 0.406 e. The minimum Gasteiger partial charge on any atom is -0.451 e. The third-order valence-electron chi connectivity index (χ3n) is 10.1. The first kappa shape index (κ1) is 37.7. The van der Waals surface area contributed by atoms with Crippen LogP contribution in [0.2, 0.25) is 0 Å². The molecule has 1 N–H and O–H groups in total. The number of benzene rings is 1. The first-order chi connectivity index (χ1) is 24.3. The Labute approximate surface area is 297 Å². The van der Waals surface area contributed by atoms with Crippen LogP contribution in [0.25, 0.3) is 0 Å². The first-order valence-electron chi connectivity index (χ1n) is 17.3. The molecule has 2 aromatic rings. The van der Waals surface area contributed by atoms with E-state index in [2.05, 4.69) is 19.8 Å². The van der Waals surface area contributed by atoms with Crippen molar-refractivity contribution < 1.29 is 45.3 Å². The van der Waals surface area contributed by atoms with Gasteiger partial charge in [0.2, 0.25) is 11.3 Å². The van der Waals surface area contributed by atoms with Crippen LogP contribution in [0.15, 0.2) is 30.7 Å². The van der Waals surface area contributed by atoms with Crippen molar-refractivity contribution in [3.8, 4) is 11.5 Å². The van der Waals surface area contributed by atoms with E-state index in [0.29, 0.717) is 56.7 Å². The molecule has 4 aliphatic rings. The Balaban J connectivity index is 1.02. The molecular weight excluding hydrogens is 698 g/mol. The second kappa shape index (κ2) is 15.9. The zero-order valence-electron chi connectivity index (χ0n) is 28.8. The minimum atomic E-state index is -4.64. The Kier molecular flexibility index (Phi) is 11.8. The number of anilines is 1. The Morgan fingerprint density at radius 3 is 2.49 bits per heavy atom. The number of hydrogen-bond donors (Lipinski definition) is 1. The number of amides is 1. The number of nitrogens with zero attached hydrogens (tertiary/aromatic N) is 7. The maximum absolute atomic E-state index is 14.3. The molecule has 13 nitrogen and oxygen atoms in total. The number of hydrazine groups is 1. The fraction of sp³-hybridized carbons (Fsp3) is 0.667. The number of hydrogen-bond acceptors (Lipinski definition) is 10. The van der Waals surface area contributed by atoms with E-state index < -0.39 is 41.8 Å². The molecule has 1 unspecified atom stereocenters. The van der Waals surface area contributed by atoms with E-state index in [0.717, 1.165) is 57.5 Å². The molecule has 6 rings (SSSR count). The van der Waals surface area contributed by atoms with Crippen LogP contribution >= 0.6 is 0 Å². The zero-order chi connectivity index (χ0) is 36.3. The van der Waals surface area contributed by atoms with Crippen molar-refractivity contribution in [2.45, 2.75) is 63.9 Å². The predicted molar refractivity (Wildman–Crippen MR) is 179 cm³/mol. The zero-order valence-corrected chi connectivity index (χ0v) is 29.6. The van der Waals surface area contributed by atoms with Crippen LogP contribution in [0.4, 0.5) is 23.4 Å². The Morgan fingerprint density at radius 2 is 1.86 bits per heavy atom. The van der Waals surface area contributed by atoms with Crippen LogP contribution in [0.3, 0.4) is 0 Å². The van der Waals surface area contributed by atoms with Gasteiger partial charge in [0.05, 0.1) is 43.7 Å². The van der Waals surface area contributed by atoms with Crippen molar-refractivity contribution in [3.63, 3.8) is 0 Å². The van der Waals surface area contributed by atoms with Gasteiger partial charge in [-0.2, -0.15) is 13.2 Å². The number of carbonyl (C=O) groups is 1. The van der Waals surface area contributed by atoms with E-state index >= 15 is 0 Å². The SMILES string of the molecule is CC(C)N(CC(F)(F)F)C(=O)c1cc(F)ccc1Oc1cncnc1N1CC2(CCN(C[C@@H]3CC[C@@H](N(N4CCOCC4)S(=O)O)CO3)CC2)C1. The van der Waals surface area contributed by atoms with Gasteiger partial charge in [0.15, 0.2) is 11.6 Å². The molecule has 4 fully saturated rings. The summed E-state index contributed by atoms with van der Waals surface area (Å²) in [7, 11) is 0. The van der Waals surface area contributed by atoms with Gasteiger partial charge in [-0.15, -0.1) is 4.41 Å². The number of ether oxygens (including phenoxy) is 3. The van der Waals surface area contributed by atoms with Gasteiger partial charge in [-0.05, 0) is 70.8 Å². The lowest BCUT2D eigenvalue weighted by Crippen LogP contribution is -2.61. The van der Waals surface area contributed by atoms with Crippen LogP contribution in [-0.2, 0) is 20.7 Å². The summed E-state index contributed by atoms with van der Waals surface area (Å²) >= 11 is -2.13. The van der Waals surface area contributed by atoms with Crippen molar-refractivity contribution in [3.05, 3.63) is 42.1 Å². The lowest BCUT2D eigenvalue weighted by atomic mass is 9.72. The van der Waals surface area contributed by atoms with Gasteiger partial charge in [-0.25, -0.2) is 23.6 Å². The van der Waals surface area contributed by atoms with Crippen LogP contribution < -0.4 is 9.64 Å². The summed E-state index contributed by atoms with van der Waals surface area (Å²) in [5, 5.41) is 1.89. The third-order valence-corrected chi connectivity index (χ3v) is 10.9. The monoisotopic (exact) mass is 743 g/mol. The molecule has 0 saturated carbocycles. The Hall–Kier alpha value is -3.00. The maximum atomic E-state index is 14.3. The summed E-state index contributed by atoms with van der Waals surface area (Å²) in [6.07, 6.45) is 1.72. The Morgan fingerprint density at radius 1 is 1.14 bits per heavy atom. The highest BCUT2D eigenvalue weighted by Gasteiger charge is 2.46. The molecule has 1 spiro atoms. The van der Waals surface area contributed by atoms with Crippen LogP contribution in [0.1, 0.15) is 49.9 Å². The molecule has 0 bridgehead atoms. The van der Waals surface area contributed by atoms with Gasteiger partial charge in [0.25, 0.3) is 5.91 Å². The van der Waals surface area contributed by atoms with Crippen molar-refractivity contribution in [1.82, 2.24) is 29.2 Å². The number of morpholine rings is 1. The van der Waals surface area contributed by atoms with Gasteiger partial charge in [0.1, 0.15) is 24.4 Å². The average Bonchev–Trinajstić information content (AvgIpc) is 3.08. The smallest absolute Gasteiger partial charge is 0.406 e. The van der Waals surface area contributed by atoms with Gasteiger partial charge < -0.3 is 28.9 Å². The van der Waals surface area contributed by atoms with Crippen molar-refractivity contribution >= 4 is 23.0 Å². The van der Waals surface area contributed by atoms with E-state index in [1.165, 1.54) is 36.9 Å². The summed E-state index contributed by atoms with van der Waals surface area (Å²) in [5.41, 5.74) is -0.251. The van der Waals surface area contributed by atoms with Crippen LogP contribution in [-0.4, -0.2) is 140 Å². The molecule has 3 atom stereocenters. The average molecular weight is 744 g/mol. The predicted octanol–water partition coefficient (Wildman–Crippen LogP) is 3.96. The van der Waals surface area contributed by atoms with Crippen LogP contribution in [0.5, 0.6) is 11.5 Å². The first-order valence-corrected chi connectivity index (χ1v) is 18.3. The largest absolute Gasteiger partial charge is 0.451 e. The molecule has 1 aromatic carbocycles. The fourth-order valence-electron chi connectivity index (χ4n) is 7.38. The van der Waals surface area contributed by atoms with Crippen LogP contribution in [0, 0.1) is 11.2 Å². The van der Waals surface area contributed by atoms with E-state index in [1.807, 2.05) is 5.01 Å². The van der Waals surface area contributed by atoms with Crippen molar-refractivity contribution in [2.75, 3.05) is 77.1 Å². The third kappa shape index (κ3) is 9.15. The molecule has 0 radical (unpaired) electrons. The number of rotatable bonds is 11. The topological polar surface area (TPSA) is 124 Å². The molecule has 51 heavy (non-hydrogen) atoms. The lowest BCUT2D eigenvalue weighted by molar-refractivity contribution is -0.143. The van der Waals surface area contributed by atoms with E-state index in [4.69, 9.17) is 14.2 Å². The summed E-state index contributed by atoms with van der Waals surface area (Å²) < 4.78 is 95.5. The number of halogens is 4. The molecule has 5 heterocycles. The standard InChI is InChI=1S/C33H45F4N7O6S/c1-23(2)43(21-33(35,36)37)31(45)27-15-24(34)3-6-28(27)50-29-16-38-22-39-30(29)41-19-32(20-41)7-9-40(10-8-32)17-26-5-4-25(18-49-26)44(51(46)47)42-11-13-48-14-12-42/h3,6,15-16,22-23,25-26H,4-5,7-14,17-21H2,1-2H3,(H,46,47)/t25-,26+/m1/s1. The highest BCUT2D eigenvalue weighted by Crippen LogP contribution is 2.45. The van der Waals surface area contributed by atoms with Crippen molar-refractivity contribution in [1.29, 1.82) is 0 Å². The molecule has 1 aromatic heterocycles. The summed E-state index contributed by atoms with van der Waals surface area (Å²) in [6, 6.07) is 2.23. The fourth-order valence-corrected chi connectivity index (χ4v) is 8.16. The van der Waals surface area contributed by atoms with E-state index in [9.17, 15) is 31.1 Å². The molecule has 18 heteroatoms. The van der Waals surface area contributed by atoms with Gasteiger partial charge in [-0.3, -0.25) is 9.35 Å². The number of likely N-dealkylation sites (tertiary alicyclic amines) is 1. The second-order valence-corrected chi connectivity index (χ2v) is 14.9. The summed E-state index contributed by atoms with van der Waals surface area (Å²) in [4.78, 5) is 26.9. The molecule has 4 aliphatic heterocycles.